The van der Waals surface area contributed by atoms with Crippen LogP contribution in [0, 0.1) is 5.92 Å². The van der Waals surface area contributed by atoms with Crippen LogP contribution in [0.15, 0.2) is 23.3 Å². The van der Waals surface area contributed by atoms with Gasteiger partial charge >= 0.3 is 6.18 Å². The fourth-order valence-electron chi connectivity index (χ4n) is 2.64. The lowest BCUT2D eigenvalue weighted by atomic mass is 10.0. The topological polar surface area (TPSA) is 45.8 Å². The van der Waals surface area contributed by atoms with E-state index in [0.29, 0.717) is 17.4 Å². The Bertz CT molecular complexity index is 717. The number of aryl methyl sites for hydroxylation is 1. The number of H-pyrrole nitrogens is 1. The van der Waals surface area contributed by atoms with Gasteiger partial charge in [0, 0.05) is 23.8 Å². The molecule has 21 heavy (non-hydrogen) atoms. The molecule has 112 valence electrons. The summed E-state index contributed by atoms with van der Waals surface area (Å²) >= 11 is 0. The number of fused-ring (bicyclic) bond motifs is 1. The van der Waals surface area contributed by atoms with Crippen LogP contribution in [0.25, 0.3) is 10.9 Å². The molecule has 0 aliphatic heterocycles. The number of hydrogen-bond acceptors (Lipinski definition) is 2. The van der Waals surface area contributed by atoms with Gasteiger partial charge < -0.3 is 4.98 Å². The van der Waals surface area contributed by atoms with Crippen molar-refractivity contribution in [3.63, 3.8) is 0 Å². The summed E-state index contributed by atoms with van der Waals surface area (Å²) < 4.78 is 39.0. The number of nitrogens with zero attached hydrogens (tertiary/aromatic N) is 1. The first-order valence-corrected chi connectivity index (χ1v) is 7.02. The first-order chi connectivity index (χ1) is 9.95. The Morgan fingerprint density at radius 3 is 2.71 bits per heavy atom. The minimum absolute atomic E-state index is 0.161. The molecular weight excluding hydrogens is 281 g/mol. The van der Waals surface area contributed by atoms with Crippen molar-refractivity contribution in [2.75, 3.05) is 0 Å². The predicted molar refractivity (Wildman–Crippen MR) is 73.0 cm³/mol. The average Bonchev–Trinajstić information content (AvgIpc) is 3.20. The molecule has 0 atom stereocenters. The molecular formula is C15H15F3N2O. The lowest BCUT2D eigenvalue weighted by Crippen LogP contribution is -2.13. The zero-order valence-electron chi connectivity index (χ0n) is 11.3. The van der Waals surface area contributed by atoms with Gasteiger partial charge in [-0.3, -0.25) is 9.78 Å². The highest BCUT2D eigenvalue weighted by Crippen LogP contribution is 2.35. The number of aromatic amines is 1. The van der Waals surface area contributed by atoms with Crippen LogP contribution in [-0.4, -0.2) is 9.97 Å². The molecule has 0 amide bonds. The van der Waals surface area contributed by atoms with E-state index in [2.05, 4.69) is 9.97 Å². The monoisotopic (exact) mass is 296 g/mol. The molecule has 0 aromatic carbocycles. The van der Waals surface area contributed by atoms with Crippen molar-refractivity contribution in [1.82, 2.24) is 9.97 Å². The van der Waals surface area contributed by atoms with Gasteiger partial charge in [-0.15, -0.1) is 0 Å². The maximum absolute atomic E-state index is 13.0. The molecule has 1 saturated carbocycles. The largest absolute Gasteiger partial charge is 0.419 e. The molecule has 6 heteroatoms. The first kappa shape index (κ1) is 14.1. The smallest absolute Gasteiger partial charge is 0.321 e. The molecule has 0 saturated heterocycles. The molecule has 1 aliphatic rings. The summed E-state index contributed by atoms with van der Waals surface area (Å²) in [6.07, 6.45) is 2.69. The van der Waals surface area contributed by atoms with Crippen LogP contribution in [-0.2, 0) is 12.6 Å². The van der Waals surface area contributed by atoms with Gasteiger partial charge in [-0.25, -0.2) is 0 Å². The Labute approximate surface area is 119 Å². The van der Waals surface area contributed by atoms with E-state index < -0.39 is 17.3 Å². The van der Waals surface area contributed by atoms with E-state index in [9.17, 15) is 18.0 Å². The number of nitrogens with one attached hydrogen (secondary N) is 1. The Morgan fingerprint density at radius 2 is 2.05 bits per heavy atom. The van der Waals surface area contributed by atoms with E-state index in [1.165, 1.54) is 25.1 Å². The highest BCUT2D eigenvalue weighted by molar-refractivity contribution is 5.84. The normalized spacial score (nSPS) is 15.6. The Morgan fingerprint density at radius 1 is 1.29 bits per heavy atom. The molecule has 0 bridgehead atoms. The van der Waals surface area contributed by atoms with Crippen LogP contribution >= 0.6 is 0 Å². The molecule has 2 heterocycles. The van der Waals surface area contributed by atoms with Crippen molar-refractivity contribution in [3.05, 3.63) is 39.9 Å². The third-order valence-electron chi connectivity index (χ3n) is 3.91. The fourth-order valence-corrected chi connectivity index (χ4v) is 2.64. The van der Waals surface area contributed by atoms with E-state index in [1.807, 2.05) is 0 Å². The zero-order chi connectivity index (χ0) is 15.0. The summed E-state index contributed by atoms with van der Waals surface area (Å²) in [7, 11) is 0. The van der Waals surface area contributed by atoms with Crippen molar-refractivity contribution < 1.29 is 13.2 Å². The fraction of sp³-hybridized carbons (Fsp3) is 0.467. The van der Waals surface area contributed by atoms with Gasteiger partial charge in [0.15, 0.2) is 0 Å². The molecule has 3 rings (SSSR count). The standard InChI is InChI=1S/C15H15F3N2O/c16-15(17,18)12-8-19-7-11-10(3-1-2-9-4-5-9)6-13(21)20-14(11)12/h6-9H,1-5H2,(H,20,21). The first-order valence-electron chi connectivity index (χ1n) is 7.02. The van der Waals surface area contributed by atoms with Crippen LogP contribution in [0.1, 0.15) is 36.8 Å². The minimum atomic E-state index is -4.53. The molecule has 1 N–H and O–H groups in total. The Balaban J connectivity index is 2.01. The second kappa shape index (κ2) is 5.16. The molecule has 1 fully saturated rings. The number of rotatable bonds is 4. The summed E-state index contributed by atoms with van der Waals surface area (Å²) in [5.74, 6) is 0.766. The maximum atomic E-state index is 13.0. The number of aromatic nitrogens is 2. The van der Waals surface area contributed by atoms with Crippen LogP contribution in [0.3, 0.4) is 0 Å². The van der Waals surface area contributed by atoms with Crippen LogP contribution < -0.4 is 5.56 Å². The third kappa shape index (κ3) is 3.09. The van der Waals surface area contributed by atoms with Gasteiger partial charge in [0.25, 0.3) is 0 Å². The van der Waals surface area contributed by atoms with Gasteiger partial charge in [0.05, 0.1) is 11.1 Å². The van der Waals surface area contributed by atoms with E-state index >= 15 is 0 Å². The lowest BCUT2D eigenvalue weighted by Gasteiger charge is -2.11. The number of alkyl halides is 3. The predicted octanol–water partition coefficient (Wildman–Crippen LogP) is 3.67. The third-order valence-corrected chi connectivity index (χ3v) is 3.91. The molecule has 0 unspecified atom stereocenters. The van der Waals surface area contributed by atoms with Gasteiger partial charge in [0.2, 0.25) is 5.56 Å². The van der Waals surface area contributed by atoms with Crippen molar-refractivity contribution >= 4 is 10.9 Å². The lowest BCUT2D eigenvalue weighted by molar-refractivity contribution is -0.136. The summed E-state index contributed by atoms with van der Waals surface area (Å²) in [5, 5.41) is 0.389. The van der Waals surface area contributed by atoms with Crippen LogP contribution in [0.4, 0.5) is 13.2 Å². The molecule has 2 aromatic heterocycles. The number of pyridine rings is 2. The van der Waals surface area contributed by atoms with Gasteiger partial charge in [-0.1, -0.05) is 19.3 Å². The van der Waals surface area contributed by atoms with Gasteiger partial charge in [0.1, 0.15) is 0 Å². The molecule has 0 radical (unpaired) electrons. The second-order valence-corrected chi connectivity index (χ2v) is 5.60. The SMILES string of the molecule is O=c1cc(CCCC2CC2)c2cncc(C(F)(F)F)c2[nH]1. The van der Waals surface area contributed by atoms with Crippen molar-refractivity contribution in [3.8, 4) is 0 Å². The summed E-state index contributed by atoms with van der Waals surface area (Å²) in [6, 6.07) is 1.39. The van der Waals surface area contributed by atoms with E-state index in [1.54, 1.807) is 0 Å². The van der Waals surface area contributed by atoms with E-state index in [-0.39, 0.29) is 5.52 Å². The minimum Gasteiger partial charge on any atom is -0.321 e. The summed E-state index contributed by atoms with van der Waals surface area (Å²) in [6.45, 7) is 0. The van der Waals surface area contributed by atoms with E-state index in [0.717, 1.165) is 25.0 Å². The number of halogens is 3. The summed E-state index contributed by atoms with van der Waals surface area (Å²) in [5.41, 5.74) is -0.902. The highest BCUT2D eigenvalue weighted by atomic mass is 19.4. The van der Waals surface area contributed by atoms with Crippen molar-refractivity contribution in [2.45, 2.75) is 38.3 Å². The molecule has 3 nitrogen and oxygen atoms in total. The van der Waals surface area contributed by atoms with Gasteiger partial charge in [-0.05, 0) is 24.3 Å². The van der Waals surface area contributed by atoms with Crippen LogP contribution in [0.5, 0.6) is 0 Å². The highest BCUT2D eigenvalue weighted by Gasteiger charge is 2.33. The second-order valence-electron chi connectivity index (χ2n) is 5.60. The maximum Gasteiger partial charge on any atom is 0.419 e. The van der Waals surface area contributed by atoms with Crippen LogP contribution in [0.2, 0.25) is 0 Å². The van der Waals surface area contributed by atoms with E-state index in [4.69, 9.17) is 0 Å². The van der Waals surface area contributed by atoms with Gasteiger partial charge in [-0.2, -0.15) is 13.2 Å². The quantitative estimate of drug-likeness (QED) is 0.935. The average molecular weight is 296 g/mol. The molecule has 0 spiro atoms. The molecule has 1 aliphatic carbocycles. The van der Waals surface area contributed by atoms with Crippen molar-refractivity contribution in [1.29, 1.82) is 0 Å². The Hall–Kier alpha value is -1.85. The molecule has 2 aromatic rings. The summed E-state index contributed by atoms with van der Waals surface area (Å²) in [4.78, 5) is 17.6. The number of hydrogen-bond donors (Lipinski definition) is 1. The zero-order valence-corrected chi connectivity index (χ0v) is 11.3. The Kier molecular flexibility index (Phi) is 3.47. The van der Waals surface area contributed by atoms with Crippen molar-refractivity contribution in [2.24, 2.45) is 5.92 Å².